The van der Waals surface area contributed by atoms with Crippen molar-refractivity contribution in [2.45, 2.75) is 6.54 Å². The monoisotopic (exact) mass is 328 g/mol. The Labute approximate surface area is 138 Å². The number of nitrogens with zero attached hydrogens (tertiary/aromatic N) is 1. The summed E-state index contributed by atoms with van der Waals surface area (Å²) in [6.45, 7) is 0.331. The van der Waals surface area contributed by atoms with Crippen molar-refractivity contribution < 1.29 is 18.8 Å². The number of halogens is 1. The topological polar surface area (TPSA) is 67.5 Å². The van der Waals surface area contributed by atoms with E-state index in [2.05, 4.69) is 10.5 Å². The molecule has 0 aliphatic carbocycles. The fourth-order valence-corrected chi connectivity index (χ4v) is 2.24. The summed E-state index contributed by atoms with van der Waals surface area (Å²) in [7, 11) is 0. The Kier molecular flexibility index (Phi) is 5.08. The number of aliphatic hydroxyl groups excluding tert-OH is 1. The number of benzene rings is 2. The Morgan fingerprint density at radius 1 is 1.12 bits per heavy atom. The van der Waals surface area contributed by atoms with Crippen molar-refractivity contribution in [2.24, 2.45) is 0 Å². The third kappa shape index (κ3) is 3.91. The van der Waals surface area contributed by atoms with Crippen LogP contribution < -0.4 is 10.1 Å². The molecule has 0 fully saturated rings. The van der Waals surface area contributed by atoms with Crippen molar-refractivity contribution in [1.82, 2.24) is 5.16 Å². The number of aromatic nitrogens is 1. The molecule has 0 atom stereocenters. The number of hydrogen-bond acceptors (Lipinski definition) is 5. The van der Waals surface area contributed by atoms with Gasteiger partial charge in [-0.3, -0.25) is 0 Å². The van der Waals surface area contributed by atoms with Crippen molar-refractivity contribution >= 4 is 5.69 Å². The summed E-state index contributed by atoms with van der Waals surface area (Å²) in [5, 5.41) is 16.0. The second-order valence-corrected chi connectivity index (χ2v) is 5.11. The van der Waals surface area contributed by atoms with Crippen molar-refractivity contribution in [2.75, 3.05) is 18.5 Å². The van der Waals surface area contributed by atoms with Gasteiger partial charge in [0.15, 0.2) is 5.76 Å². The summed E-state index contributed by atoms with van der Waals surface area (Å²) in [5.74, 6) is 0.581. The second-order valence-electron chi connectivity index (χ2n) is 5.11. The molecule has 0 saturated carbocycles. The first-order valence-electron chi connectivity index (χ1n) is 7.54. The van der Waals surface area contributed by atoms with Gasteiger partial charge in [-0.15, -0.1) is 0 Å². The van der Waals surface area contributed by atoms with Gasteiger partial charge in [-0.25, -0.2) is 4.39 Å². The summed E-state index contributed by atoms with van der Waals surface area (Å²) in [5.41, 5.74) is 2.34. The normalized spacial score (nSPS) is 10.6. The molecule has 2 aromatic carbocycles. The minimum absolute atomic E-state index is 0.0958. The van der Waals surface area contributed by atoms with Crippen molar-refractivity contribution in [3.63, 3.8) is 0 Å². The number of hydrogen-bond donors (Lipinski definition) is 2. The van der Waals surface area contributed by atoms with Gasteiger partial charge in [0.2, 0.25) is 0 Å². The van der Waals surface area contributed by atoms with Crippen LogP contribution in [0.3, 0.4) is 0 Å². The van der Waals surface area contributed by atoms with E-state index in [1.165, 1.54) is 12.1 Å². The van der Waals surface area contributed by atoms with Gasteiger partial charge in [-0.1, -0.05) is 35.5 Å². The van der Waals surface area contributed by atoms with Crippen molar-refractivity contribution in [1.29, 1.82) is 0 Å². The highest BCUT2D eigenvalue weighted by Gasteiger charge is 2.09. The van der Waals surface area contributed by atoms with Gasteiger partial charge in [0.25, 0.3) is 0 Å². The highest BCUT2D eigenvalue weighted by Crippen LogP contribution is 2.26. The molecular weight excluding hydrogens is 311 g/mol. The summed E-state index contributed by atoms with van der Waals surface area (Å²) in [6, 6.07) is 15.8. The van der Waals surface area contributed by atoms with Crippen molar-refractivity contribution in [3.8, 4) is 17.0 Å². The van der Waals surface area contributed by atoms with Gasteiger partial charge < -0.3 is 19.7 Å². The first-order valence-corrected chi connectivity index (χ1v) is 7.54. The molecule has 124 valence electrons. The van der Waals surface area contributed by atoms with Crippen LogP contribution in [-0.4, -0.2) is 23.5 Å². The zero-order valence-electron chi connectivity index (χ0n) is 12.9. The highest BCUT2D eigenvalue weighted by atomic mass is 19.1. The van der Waals surface area contributed by atoms with Crippen LogP contribution in [0.1, 0.15) is 5.76 Å². The van der Waals surface area contributed by atoms with Gasteiger partial charge in [0.1, 0.15) is 23.9 Å². The molecule has 0 unspecified atom stereocenters. The molecule has 0 bridgehead atoms. The SMILES string of the molecule is OCCOc1cc(F)ccc1NCc1cc(-c2ccccc2)no1. The quantitative estimate of drug-likeness (QED) is 0.695. The van der Waals surface area contributed by atoms with E-state index >= 15 is 0 Å². The van der Waals surface area contributed by atoms with Gasteiger partial charge in [-0.2, -0.15) is 0 Å². The van der Waals surface area contributed by atoms with Crippen LogP contribution in [0.25, 0.3) is 11.3 Å². The molecule has 24 heavy (non-hydrogen) atoms. The van der Waals surface area contributed by atoms with Gasteiger partial charge >= 0.3 is 0 Å². The molecule has 0 saturated heterocycles. The lowest BCUT2D eigenvalue weighted by molar-refractivity contribution is 0.201. The van der Waals surface area contributed by atoms with Gasteiger partial charge in [0, 0.05) is 17.7 Å². The maximum absolute atomic E-state index is 13.3. The highest BCUT2D eigenvalue weighted by molar-refractivity contribution is 5.59. The third-order valence-electron chi connectivity index (χ3n) is 3.37. The molecule has 1 heterocycles. The maximum atomic E-state index is 13.3. The molecule has 0 radical (unpaired) electrons. The first kappa shape index (κ1) is 16.0. The van der Waals surface area contributed by atoms with Crippen LogP contribution in [-0.2, 0) is 6.54 Å². The molecule has 0 amide bonds. The van der Waals surface area contributed by atoms with E-state index in [-0.39, 0.29) is 13.2 Å². The lowest BCUT2D eigenvalue weighted by Gasteiger charge is -2.11. The van der Waals surface area contributed by atoms with Crippen LogP contribution >= 0.6 is 0 Å². The summed E-state index contributed by atoms with van der Waals surface area (Å²) in [6.07, 6.45) is 0. The number of rotatable bonds is 7. The van der Waals surface area contributed by atoms with Crippen molar-refractivity contribution in [3.05, 3.63) is 66.2 Å². The molecule has 6 heteroatoms. The van der Waals surface area contributed by atoms with Crippen LogP contribution in [0.2, 0.25) is 0 Å². The van der Waals surface area contributed by atoms with Crippen LogP contribution in [0.5, 0.6) is 5.75 Å². The fraction of sp³-hybridized carbons (Fsp3) is 0.167. The summed E-state index contributed by atoms with van der Waals surface area (Å²) < 4.78 is 24.0. The van der Waals surface area contributed by atoms with Crippen LogP contribution in [0.4, 0.5) is 10.1 Å². The summed E-state index contributed by atoms with van der Waals surface area (Å²) >= 11 is 0. The standard InChI is InChI=1S/C18H17FN2O3/c19-14-6-7-16(18(10-14)23-9-8-22)20-12-15-11-17(21-24-15)13-4-2-1-3-5-13/h1-7,10-11,20,22H,8-9,12H2. The Balaban J connectivity index is 1.69. The molecule has 3 rings (SSSR count). The molecule has 0 aliphatic rings. The average Bonchev–Trinajstić information content (AvgIpc) is 3.09. The van der Waals surface area contributed by atoms with E-state index in [0.29, 0.717) is 23.7 Å². The van der Waals surface area contributed by atoms with E-state index in [1.807, 2.05) is 36.4 Å². The molecule has 5 nitrogen and oxygen atoms in total. The van der Waals surface area contributed by atoms with E-state index in [9.17, 15) is 4.39 Å². The fourth-order valence-electron chi connectivity index (χ4n) is 2.24. The number of anilines is 1. The number of nitrogens with one attached hydrogen (secondary N) is 1. The lowest BCUT2D eigenvalue weighted by atomic mass is 10.1. The Bertz CT molecular complexity index is 790. The van der Waals surface area contributed by atoms with E-state index in [4.69, 9.17) is 14.4 Å². The Hall–Kier alpha value is -2.86. The van der Waals surface area contributed by atoms with Crippen LogP contribution in [0.15, 0.2) is 59.1 Å². The molecule has 3 aromatic rings. The minimum atomic E-state index is -0.403. The zero-order chi connectivity index (χ0) is 16.8. The van der Waals surface area contributed by atoms with Gasteiger partial charge in [-0.05, 0) is 12.1 Å². The third-order valence-corrected chi connectivity index (χ3v) is 3.37. The van der Waals surface area contributed by atoms with E-state index in [1.54, 1.807) is 6.07 Å². The lowest BCUT2D eigenvalue weighted by Crippen LogP contribution is -2.06. The molecule has 1 aromatic heterocycles. The first-order chi connectivity index (χ1) is 11.8. The van der Waals surface area contributed by atoms with Gasteiger partial charge in [0.05, 0.1) is 18.8 Å². The summed E-state index contributed by atoms with van der Waals surface area (Å²) in [4.78, 5) is 0. The smallest absolute Gasteiger partial charge is 0.156 e. The largest absolute Gasteiger partial charge is 0.489 e. The minimum Gasteiger partial charge on any atom is -0.489 e. The number of aliphatic hydroxyl groups is 1. The second kappa shape index (κ2) is 7.61. The molecular formula is C18H17FN2O3. The van der Waals surface area contributed by atoms with E-state index in [0.717, 1.165) is 11.3 Å². The predicted molar refractivity (Wildman–Crippen MR) is 88.2 cm³/mol. The van der Waals surface area contributed by atoms with Crippen LogP contribution in [0, 0.1) is 5.82 Å². The number of ether oxygens (including phenoxy) is 1. The zero-order valence-corrected chi connectivity index (χ0v) is 12.9. The maximum Gasteiger partial charge on any atom is 0.156 e. The molecule has 2 N–H and O–H groups in total. The average molecular weight is 328 g/mol. The molecule has 0 aliphatic heterocycles. The molecule has 0 spiro atoms. The van der Waals surface area contributed by atoms with E-state index < -0.39 is 5.82 Å². The predicted octanol–water partition coefficient (Wildman–Crippen LogP) is 3.46. The Morgan fingerprint density at radius 3 is 2.75 bits per heavy atom. The Morgan fingerprint density at radius 2 is 1.96 bits per heavy atom.